The first-order chi connectivity index (χ1) is 11.4. The van der Waals surface area contributed by atoms with Gasteiger partial charge in [0.1, 0.15) is 0 Å². The van der Waals surface area contributed by atoms with E-state index < -0.39 is 23.2 Å². The summed E-state index contributed by atoms with van der Waals surface area (Å²) >= 11 is 1.46. The summed E-state index contributed by atoms with van der Waals surface area (Å²) in [6.07, 6.45) is -4.36. The molecule has 0 saturated heterocycles. The van der Waals surface area contributed by atoms with Crippen LogP contribution in [0.5, 0.6) is 0 Å². The highest BCUT2D eigenvalue weighted by molar-refractivity contribution is 7.10. The molecule has 0 fully saturated rings. The number of amides is 2. The summed E-state index contributed by atoms with van der Waals surface area (Å²) in [4.78, 5) is 24.4. The van der Waals surface area contributed by atoms with Crippen molar-refractivity contribution in [2.24, 2.45) is 0 Å². The molecule has 0 radical (unpaired) electrons. The molecule has 0 aliphatic heterocycles. The minimum Gasteiger partial charge on any atom is -0.354 e. The molecule has 2 rings (SSSR count). The highest BCUT2D eigenvalue weighted by Gasteiger charge is 2.34. The Morgan fingerprint density at radius 3 is 2.38 bits per heavy atom. The van der Waals surface area contributed by atoms with Crippen molar-refractivity contribution in [2.75, 3.05) is 13.1 Å². The van der Waals surface area contributed by atoms with Gasteiger partial charge in [-0.3, -0.25) is 9.59 Å². The third-order valence-corrected chi connectivity index (χ3v) is 4.00. The number of carbonyl (C=O) groups excluding carboxylic acids is 2. The van der Waals surface area contributed by atoms with Crippen LogP contribution in [0.2, 0.25) is 0 Å². The van der Waals surface area contributed by atoms with Gasteiger partial charge in [-0.1, -0.05) is 18.2 Å². The van der Waals surface area contributed by atoms with Gasteiger partial charge >= 0.3 is 6.18 Å². The number of nitrogens with one attached hydrogen (secondary N) is 2. The minimum absolute atomic E-state index is 0.0429. The van der Waals surface area contributed by atoms with E-state index in [4.69, 9.17) is 0 Å². The van der Waals surface area contributed by atoms with Crippen LogP contribution in [-0.2, 0) is 17.4 Å². The maximum absolute atomic E-state index is 12.8. The van der Waals surface area contributed by atoms with Gasteiger partial charge in [-0.05, 0) is 23.6 Å². The molecule has 1 heterocycles. The fourth-order valence-corrected chi connectivity index (χ4v) is 2.74. The summed E-state index contributed by atoms with van der Waals surface area (Å²) in [5.41, 5.74) is -1.42. The lowest BCUT2D eigenvalue weighted by Gasteiger charge is -2.12. The quantitative estimate of drug-likeness (QED) is 0.782. The summed E-state index contributed by atoms with van der Waals surface area (Å²) in [5, 5.41) is 6.84. The van der Waals surface area contributed by atoms with E-state index in [1.807, 2.05) is 17.5 Å². The Bertz CT molecular complexity index is 700. The zero-order valence-electron chi connectivity index (χ0n) is 12.5. The molecular formula is C16H15F3N2O2S. The van der Waals surface area contributed by atoms with Crippen molar-refractivity contribution in [3.8, 4) is 0 Å². The Balaban J connectivity index is 1.81. The van der Waals surface area contributed by atoms with Crippen molar-refractivity contribution in [2.45, 2.75) is 12.6 Å². The second kappa shape index (κ2) is 7.96. The Morgan fingerprint density at radius 1 is 1.00 bits per heavy atom. The zero-order chi connectivity index (χ0) is 17.6. The van der Waals surface area contributed by atoms with Gasteiger partial charge in [-0.15, -0.1) is 11.3 Å². The number of hydrogen-bond acceptors (Lipinski definition) is 3. The molecule has 4 nitrogen and oxygen atoms in total. The van der Waals surface area contributed by atoms with Crippen molar-refractivity contribution in [1.29, 1.82) is 0 Å². The SMILES string of the molecule is O=C(Cc1cccs1)NCCNC(=O)c1ccccc1C(F)(F)F. The van der Waals surface area contributed by atoms with E-state index in [0.717, 1.165) is 17.0 Å². The van der Waals surface area contributed by atoms with Crippen molar-refractivity contribution < 1.29 is 22.8 Å². The van der Waals surface area contributed by atoms with E-state index >= 15 is 0 Å². The number of alkyl halides is 3. The van der Waals surface area contributed by atoms with Gasteiger partial charge < -0.3 is 10.6 Å². The lowest BCUT2D eigenvalue weighted by atomic mass is 10.1. The molecule has 2 aromatic rings. The van der Waals surface area contributed by atoms with E-state index in [9.17, 15) is 22.8 Å². The van der Waals surface area contributed by atoms with Crippen LogP contribution in [-0.4, -0.2) is 24.9 Å². The van der Waals surface area contributed by atoms with Crippen LogP contribution in [0.1, 0.15) is 20.8 Å². The highest BCUT2D eigenvalue weighted by Crippen LogP contribution is 2.31. The molecule has 8 heteroatoms. The standard InChI is InChI=1S/C16H15F3N2O2S/c17-16(18,19)13-6-2-1-5-12(13)15(23)21-8-7-20-14(22)10-11-4-3-9-24-11/h1-6,9H,7-8,10H2,(H,20,22)(H,21,23). The number of hydrogen-bond donors (Lipinski definition) is 2. The predicted molar refractivity (Wildman–Crippen MR) is 84.8 cm³/mol. The summed E-state index contributed by atoms with van der Waals surface area (Å²) in [7, 11) is 0. The summed E-state index contributed by atoms with van der Waals surface area (Å²) in [5.74, 6) is -1.03. The molecule has 1 aromatic carbocycles. The number of benzene rings is 1. The first-order valence-electron chi connectivity index (χ1n) is 7.11. The van der Waals surface area contributed by atoms with E-state index in [2.05, 4.69) is 10.6 Å². The topological polar surface area (TPSA) is 58.2 Å². The van der Waals surface area contributed by atoms with E-state index in [1.54, 1.807) is 0 Å². The van der Waals surface area contributed by atoms with Gasteiger partial charge in [0.05, 0.1) is 17.5 Å². The van der Waals surface area contributed by atoms with Crippen molar-refractivity contribution >= 4 is 23.2 Å². The number of thiophene rings is 1. The molecule has 24 heavy (non-hydrogen) atoms. The molecule has 0 atom stereocenters. The smallest absolute Gasteiger partial charge is 0.354 e. The molecule has 1 aromatic heterocycles. The highest BCUT2D eigenvalue weighted by atomic mass is 32.1. The Morgan fingerprint density at radius 2 is 1.71 bits per heavy atom. The first kappa shape index (κ1) is 18.0. The minimum atomic E-state index is -4.59. The maximum Gasteiger partial charge on any atom is 0.417 e. The van der Waals surface area contributed by atoms with Crippen molar-refractivity contribution in [3.63, 3.8) is 0 Å². The van der Waals surface area contributed by atoms with E-state index in [0.29, 0.717) is 0 Å². The third-order valence-electron chi connectivity index (χ3n) is 3.12. The fourth-order valence-electron chi connectivity index (χ4n) is 2.04. The summed E-state index contributed by atoms with van der Waals surface area (Å²) in [6.45, 7) is 0.186. The average molecular weight is 356 g/mol. The van der Waals surface area contributed by atoms with Crippen molar-refractivity contribution in [1.82, 2.24) is 10.6 Å². The molecule has 2 amide bonds. The average Bonchev–Trinajstić information content (AvgIpc) is 3.03. The summed E-state index contributed by atoms with van der Waals surface area (Å²) in [6, 6.07) is 8.24. The molecule has 128 valence electrons. The lowest BCUT2D eigenvalue weighted by Crippen LogP contribution is -2.35. The number of carbonyl (C=O) groups is 2. The van der Waals surface area contributed by atoms with Crippen LogP contribution < -0.4 is 10.6 Å². The van der Waals surface area contributed by atoms with Gasteiger partial charge in [-0.25, -0.2) is 0 Å². The van der Waals surface area contributed by atoms with E-state index in [1.165, 1.54) is 23.5 Å². The molecule has 0 aliphatic rings. The van der Waals surface area contributed by atoms with Crippen LogP contribution in [0.15, 0.2) is 41.8 Å². The zero-order valence-corrected chi connectivity index (χ0v) is 13.3. The van der Waals surface area contributed by atoms with E-state index in [-0.39, 0.29) is 25.4 Å². The first-order valence-corrected chi connectivity index (χ1v) is 7.99. The molecule has 2 N–H and O–H groups in total. The lowest BCUT2D eigenvalue weighted by molar-refractivity contribution is -0.138. The van der Waals surface area contributed by atoms with Crippen LogP contribution in [0.25, 0.3) is 0 Å². The van der Waals surface area contributed by atoms with Gasteiger partial charge in [-0.2, -0.15) is 13.2 Å². The monoisotopic (exact) mass is 356 g/mol. The Hall–Kier alpha value is -2.35. The second-order valence-electron chi connectivity index (χ2n) is 4.91. The largest absolute Gasteiger partial charge is 0.417 e. The van der Waals surface area contributed by atoms with Gasteiger partial charge in [0.2, 0.25) is 5.91 Å². The molecule has 0 bridgehead atoms. The third kappa shape index (κ3) is 5.09. The molecule has 0 saturated carbocycles. The van der Waals surface area contributed by atoms with Crippen LogP contribution >= 0.6 is 11.3 Å². The molecule has 0 unspecified atom stereocenters. The van der Waals surface area contributed by atoms with Crippen LogP contribution in [0, 0.1) is 0 Å². The maximum atomic E-state index is 12.8. The number of rotatable bonds is 6. The van der Waals surface area contributed by atoms with Gasteiger partial charge in [0.15, 0.2) is 0 Å². The Kier molecular flexibility index (Phi) is 5.97. The molecular weight excluding hydrogens is 341 g/mol. The predicted octanol–water partition coefficient (Wildman–Crippen LogP) is 2.86. The molecule has 0 aliphatic carbocycles. The van der Waals surface area contributed by atoms with Crippen LogP contribution in [0.4, 0.5) is 13.2 Å². The van der Waals surface area contributed by atoms with Crippen LogP contribution in [0.3, 0.4) is 0 Å². The Labute approximate surface area is 140 Å². The second-order valence-corrected chi connectivity index (χ2v) is 5.94. The van der Waals surface area contributed by atoms with Gasteiger partial charge in [0.25, 0.3) is 5.91 Å². The van der Waals surface area contributed by atoms with Gasteiger partial charge in [0, 0.05) is 18.0 Å². The summed E-state index contributed by atoms with van der Waals surface area (Å²) < 4.78 is 38.5. The number of halogens is 3. The fraction of sp³-hybridized carbons (Fsp3) is 0.250. The normalized spacial score (nSPS) is 11.1. The molecule has 0 spiro atoms. The van der Waals surface area contributed by atoms with Crippen molar-refractivity contribution in [3.05, 3.63) is 57.8 Å².